The lowest BCUT2D eigenvalue weighted by atomic mass is 10.0. The summed E-state index contributed by atoms with van der Waals surface area (Å²) in [5, 5.41) is 20.8. The second-order valence-electron chi connectivity index (χ2n) is 5.34. The van der Waals surface area contributed by atoms with Gasteiger partial charge in [0.25, 0.3) is 11.4 Å². The topological polar surface area (TPSA) is 172 Å². The van der Waals surface area contributed by atoms with E-state index in [1.54, 1.807) is 6.92 Å². The van der Waals surface area contributed by atoms with Gasteiger partial charge < -0.3 is 4.74 Å². The Kier molecular flexibility index (Phi) is 14.0. The van der Waals surface area contributed by atoms with Gasteiger partial charge in [-0.1, -0.05) is 6.92 Å². The zero-order chi connectivity index (χ0) is 24.8. The predicted octanol–water partition coefficient (Wildman–Crippen LogP) is 4.74. The van der Waals surface area contributed by atoms with Gasteiger partial charge in [-0.2, -0.15) is 9.59 Å². The average Bonchev–Trinajstić information content (AvgIpc) is 2.72. The van der Waals surface area contributed by atoms with Gasteiger partial charge in [0, 0.05) is 16.6 Å². The molecule has 0 aliphatic rings. The molecule has 0 radical (unpaired) electrons. The molecule has 0 aliphatic heterocycles. The molecule has 2 rings (SSSR count). The highest BCUT2D eigenvalue weighted by Crippen LogP contribution is 2.29. The van der Waals surface area contributed by atoms with Crippen LogP contribution in [-0.2, 0) is 19.1 Å². The Bertz CT molecular complexity index is 1000. The van der Waals surface area contributed by atoms with Crippen molar-refractivity contribution in [1.29, 1.82) is 0 Å². The molecule has 15 heteroatoms. The van der Waals surface area contributed by atoms with Crippen LogP contribution in [0.2, 0.25) is 0 Å². The third kappa shape index (κ3) is 9.68. The lowest BCUT2D eigenvalue weighted by Gasteiger charge is -2.14. The van der Waals surface area contributed by atoms with E-state index < -0.39 is 15.8 Å². The minimum Gasteiger partial charge on any atom is -0.465 e. The molecule has 0 spiro atoms. The molecule has 0 aliphatic carbocycles. The molecule has 172 valence electrons. The maximum absolute atomic E-state index is 11.7. The molecule has 0 saturated heterocycles. The Morgan fingerprint density at radius 2 is 1.50 bits per heavy atom. The Morgan fingerprint density at radius 1 is 1.03 bits per heavy atom. The third-order valence-corrected chi connectivity index (χ3v) is 5.77. The molecular formula is C17H15Br3N4O8. The molecule has 2 heterocycles. The molecule has 0 N–H and O–H groups in total. The highest BCUT2D eigenvalue weighted by atomic mass is 79.9. The van der Waals surface area contributed by atoms with Crippen LogP contribution in [0.15, 0.2) is 38.1 Å². The summed E-state index contributed by atoms with van der Waals surface area (Å²) in [6.07, 6.45) is 3.10. The molecule has 1 unspecified atom stereocenters. The first-order valence-electron chi connectivity index (χ1n) is 8.45. The van der Waals surface area contributed by atoms with E-state index in [2.05, 4.69) is 57.8 Å². The average molecular weight is 643 g/mol. The molecule has 2 aromatic heterocycles. The van der Waals surface area contributed by atoms with E-state index in [-0.39, 0.29) is 23.5 Å². The predicted molar refractivity (Wildman–Crippen MR) is 120 cm³/mol. The maximum Gasteiger partial charge on any atom is 0.373 e. The van der Waals surface area contributed by atoms with E-state index >= 15 is 0 Å². The van der Waals surface area contributed by atoms with Crippen molar-refractivity contribution < 1.29 is 29.0 Å². The summed E-state index contributed by atoms with van der Waals surface area (Å²) in [7, 11) is 0. The van der Waals surface area contributed by atoms with Crippen LogP contribution >= 0.6 is 47.8 Å². The molecule has 12 nitrogen and oxygen atoms in total. The van der Waals surface area contributed by atoms with Crippen LogP contribution in [0.25, 0.3) is 0 Å². The fraction of sp³-hybridized carbons (Fsp3) is 0.294. The van der Waals surface area contributed by atoms with Gasteiger partial charge in [-0.3, -0.25) is 30.0 Å². The Morgan fingerprint density at radius 3 is 1.88 bits per heavy atom. The van der Waals surface area contributed by atoms with E-state index in [4.69, 9.17) is 14.3 Å². The number of nitrogens with zero attached hydrogens (tertiary/aromatic N) is 4. The first-order chi connectivity index (χ1) is 15.0. The van der Waals surface area contributed by atoms with Gasteiger partial charge in [0.15, 0.2) is 0 Å². The molecule has 0 bridgehead atoms. The maximum atomic E-state index is 11.7. The largest absolute Gasteiger partial charge is 0.465 e. The first kappa shape index (κ1) is 29.4. The zero-order valence-corrected chi connectivity index (χ0v) is 21.2. The number of hydrogen-bond acceptors (Lipinski definition) is 10. The normalized spacial score (nSPS) is 10.3. The van der Waals surface area contributed by atoms with E-state index in [0.717, 1.165) is 6.20 Å². The first-order valence-corrected chi connectivity index (χ1v) is 10.8. The monoisotopic (exact) mass is 640 g/mol. The van der Waals surface area contributed by atoms with Crippen molar-refractivity contribution >= 4 is 71.3 Å². The van der Waals surface area contributed by atoms with E-state index in [1.807, 2.05) is 6.92 Å². The molecule has 0 aromatic carbocycles. The van der Waals surface area contributed by atoms with Crippen molar-refractivity contribution in [2.24, 2.45) is 0 Å². The highest BCUT2D eigenvalue weighted by Gasteiger charge is 2.25. The summed E-state index contributed by atoms with van der Waals surface area (Å²) in [6, 6.07) is 2.72. The van der Waals surface area contributed by atoms with Gasteiger partial charge in [0.1, 0.15) is 17.0 Å². The number of aromatic nitrogens is 2. The fourth-order valence-electron chi connectivity index (χ4n) is 2.02. The molecule has 0 amide bonds. The van der Waals surface area contributed by atoms with Crippen LogP contribution < -0.4 is 0 Å². The van der Waals surface area contributed by atoms with Crippen LogP contribution in [0, 0.1) is 20.2 Å². The lowest BCUT2D eigenvalue weighted by molar-refractivity contribution is -0.385. The summed E-state index contributed by atoms with van der Waals surface area (Å²) in [6.45, 7) is 3.85. The standard InChI is InChI=1S/C11H13BrN2O4.C5H2Br2N2O2.CO2/c1-3-8(11(15)18-4-2)10-9(12)5-7(6-13-10)14(16)17;6-4-1-3(9(10)11)2-8-5(4)7;2-1-3/h5-6,8H,3-4H2,1-2H3;1-2H;. The lowest BCUT2D eigenvalue weighted by Crippen LogP contribution is -2.17. The van der Waals surface area contributed by atoms with Gasteiger partial charge in [-0.25, -0.2) is 4.98 Å². The van der Waals surface area contributed by atoms with Crippen LogP contribution in [0.5, 0.6) is 0 Å². The van der Waals surface area contributed by atoms with Crippen molar-refractivity contribution in [1.82, 2.24) is 9.97 Å². The minimum absolute atomic E-state index is 0.0277. The van der Waals surface area contributed by atoms with Crippen LogP contribution in [-0.4, -0.2) is 38.5 Å². The summed E-state index contributed by atoms with van der Waals surface area (Å²) < 4.78 is 6.52. The number of halogens is 3. The number of rotatable bonds is 6. The second-order valence-corrected chi connectivity index (χ2v) is 7.80. The summed E-state index contributed by atoms with van der Waals surface area (Å²) >= 11 is 9.40. The molecule has 2 aromatic rings. The van der Waals surface area contributed by atoms with Crippen molar-refractivity contribution in [3.63, 3.8) is 0 Å². The number of esters is 1. The number of carbonyl (C=O) groups excluding carboxylic acids is 3. The smallest absolute Gasteiger partial charge is 0.373 e. The molecular weight excluding hydrogens is 628 g/mol. The third-order valence-electron chi connectivity index (χ3n) is 3.37. The number of ether oxygens (including phenoxy) is 1. The summed E-state index contributed by atoms with van der Waals surface area (Å²) in [4.78, 5) is 55.4. The zero-order valence-electron chi connectivity index (χ0n) is 16.5. The minimum atomic E-state index is -0.535. The molecule has 0 fully saturated rings. The Labute approximate surface area is 206 Å². The number of nitro groups is 2. The molecule has 0 saturated carbocycles. The van der Waals surface area contributed by atoms with Gasteiger partial charge in [0.2, 0.25) is 0 Å². The van der Waals surface area contributed by atoms with Crippen molar-refractivity contribution in [3.05, 3.63) is 64.0 Å². The van der Waals surface area contributed by atoms with Crippen molar-refractivity contribution in [3.8, 4) is 0 Å². The summed E-state index contributed by atoms with van der Waals surface area (Å²) in [5.41, 5.74) is 0.311. The van der Waals surface area contributed by atoms with Crippen LogP contribution in [0.4, 0.5) is 11.4 Å². The fourth-order valence-corrected chi connectivity index (χ4v) is 3.19. The molecule has 32 heavy (non-hydrogen) atoms. The molecule has 1 atom stereocenters. The van der Waals surface area contributed by atoms with Gasteiger partial charge in [-0.15, -0.1) is 0 Å². The van der Waals surface area contributed by atoms with Crippen LogP contribution in [0.1, 0.15) is 31.9 Å². The van der Waals surface area contributed by atoms with Crippen molar-refractivity contribution in [2.45, 2.75) is 26.2 Å². The van der Waals surface area contributed by atoms with Crippen LogP contribution in [0.3, 0.4) is 0 Å². The Balaban J connectivity index is 0.000000582. The highest BCUT2D eigenvalue weighted by molar-refractivity contribution is 9.13. The van der Waals surface area contributed by atoms with E-state index in [0.29, 0.717) is 32.3 Å². The Hall–Kier alpha value is -2.61. The number of pyridine rings is 2. The van der Waals surface area contributed by atoms with Crippen molar-refractivity contribution in [2.75, 3.05) is 6.61 Å². The van der Waals surface area contributed by atoms with E-state index in [9.17, 15) is 25.0 Å². The SMILES string of the molecule is CCOC(=O)C(CC)c1ncc([N+](=O)[O-])cc1Br.O=C=O.O=[N+]([O-])c1cnc(Br)c(Br)c1. The number of carbonyl (C=O) groups is 1. The quantitative estimate of drug-likeness (QED) is 0.185. The van der Waals surface area contributed by atoms with Gasteiger partial charge in [-0.05, 0) is 61.1 Å². The van der Waals surface area contributed by atoms with E-state index in [1.165, 1.54) is 18.3 Å². The number of hydrogen-bond donors (Lipinski definition) is 0. The van der Waals surface area contributed by atoms with Gasteiger partial charge >= 0.3 is 12.1 Å². The second kappa shape index (κ2) is 15.2. The summed E-state index contributed by atoms with van der Waals surface area (Å²) in [5.74, 6) is -0.887. The van der Waals surface area contributed by atoms with Gasteiger partial charge in [0.05, 0.1) is 32.5 Å².